The molecule has 0 fully saturated rings. The van der Waals surface area contributed by atoms with Crippen molar-refractivity contribution in [1.82, 2.24) is 5.32 Å². The van der Waals surface area contributed by atoms with Gasteiger partial charge >= 0.3 is 6.09 Å². The van der Waals surface area contributed by atoms with Crippen LogP contribution < -0.4 is 5.32 Å². The second-order valence-corrected chi connectivity index (χ2v) is 6.96. The lowest BCUT2D eigenvalue weighted by Gasteiger charge is -2.18. The van der Waals surface area contributed by atoms with Crippen LogP contribution in [-0.2, 0) is 11.3 Å². The van der Waals surface area contributed by atoms with Crippen LogP contribution in [0.25, 0.3) is 11.1 Å². The fraction of sp³-hybridized carbons (Fsp3) is 0.208. The van der Waals surface area contributed by atoms with E-state index in [-0.39, 0.29) is 25.3 Å². The number of alkyl carbamates (subject to hydrolysis) is 1. The summed E-state index contributed by atoms with van der Waals surface area (Å²) in [6, 6.07) is 23.4. The van der Waals surface area contributed by atoms with E-state index in [9.17, 15) is 20.1 Å². The highest BCUT2D eigenvalue weighted by Gasteiger charge is 2.18. The molecule has 0 spiro atoms. The van der Waals surface area contributed by atoms with E-state index >= 15 is 0 Å². The minimum absolute atomic E-state index is 0.172. The molecule has 4 N–H and O–H groups in total. The van der Waals surface area contributed by atoms with Crippen molar-refractivity contribution in [2.75, 3.05) is 6.54 Å². The van der Waals surface area contributed by atoms with E-state index in [1.807, 2.05) is 42.5 Å². The van der Waals surface area contributed by atoms with Crippen LogP contribution in [0.1, 0.15) is 23.7 Å². The fourth-order valence-electron chi connectivity index (χ4n) is 3.00. The van der Waals surface area contributed by atoms with E-state index in [1.165, 1.54) is 0 Å². The van der Waals surface area contributed by atoms with Crippen LogP contribution in [0.2, 0.25) is 0 Å². The molecule has 2 atom stereocenters. The van der Waals surface area contributed by atoms with E-state index in [1.54, 1.807) is 36.4 Å². The van der Waals surface area contributed by atoms with E-state index in [0.717, 1.165) is 16.7 Å². The lowest BCUT2D eigenvalue weighted by atomic mass is 9.98. The van der Waals surface area contributed by atoms with Crippen molar-refractivity contribution in [3.8, 4) is 16.9 Å². The van der Waals surface area contributed by atoms with Crippen LogP contribution in [-0.4, -0.2) is 34.1 Å². The second kappa shape index (κ2) is 10.4. The smallest absolute Gasteiger partial charge is 0.407 e. The summed E-state index contributed by atoms with van der Waals surface area (Å²) in [7, 11) is 0. The highest BCUT2D eigenvalue weighted by molar-refractivity contribution is 5.67. The Hall–Kier alpha value is -3.35. The largest absolute Gasteiger partial charge is 0.508 e. The standard InChI is InChI=1S/C24H25NO5/c26-21-12-10-19(11-13-21)18-6-8-20(9-7-18)23(28)22(27)14-15-25-24(29)30-16-17-4-2-1-3-5-17/h1-13,22-23,26-28H,14-16H2,(H,25,29). The van der Waals surface area contributed by atoms with Crippen molar-refractivity contribution in [2.24, 2.45) is 0 Å². The van der Waals surface area contributed by atoms with Gasteiger partial charge in [-0.05, 0) is 40.8 Å². The number of carbonyl (C=O) groups excluding carboxylic acids is 1. The summed E-state index contributed by atoms with van der Waals surface area (Å²) < 4.78 is 5.11. The zero-order valence-corrected chi connectivity index (χ0v) is 16.4. The molecule has 156 valence electrons. The molecular weight excluding hydrogens is 382 g/mol. The summed E-state index contributed by atoms with van der Waals surface area (Å²) in [6.45, 7) is 0.350. The van der Waals surface area contributed by atoms with Crippen molar-refractivity contribution >= 4 is 6.09 Å². The third-order valence-electron chi connectivity index (χ3n) is 4.74. The average Bonchev–Trinajstić information content (AvgIpc) is 2.78. The average molecular weight is 407 g/mol. The number of hydrogen-bond acceptors (Lipinski definition) is 5. The first-order chi connectivity index (χ1) is 14.5. The first-order valence-corrected chi connectivity index (χ1v) is 9.73. The SMILES string of the molecule is O=C(NCCC(O)C(O)c1ccc(-c2ccc(O)cc2)cc1)OCc1ccccc1. The van der Waals surface area contributed by atoms with Crippen molar-refractivity contribution in [3.05, 3.63) is 90.0 Å². The molecule has 0 aliphatic heterocycles. The Morgan fingerprint density at radius 1 is 0.867 bits per heavy atom. The van der Waals surface area contributed by atoms with Crippen LogP contribution >= 0.6 is 0 Å². The van der Waals surface area contributed by atoms with Crippen LogP contribution in [0.3, 0.4) is 0 Å². The maximum absolute atomic E-state index is 11.7. The van der Waals surface area contributed by atoms with Crippen LogP contribution in [0, 0.1) is 0 Å². The number of rotatable bonds is 8. The van der Waals surface area contributed by atoms with Gasteiger partial charge in [-0.25, -0.2) is 4.79 Å². The quantitative estimate of drug-likeness (QED) is 0.456. The molecule has 0 aromatic heterocycles. The van der Waals surface area contributed by atoms with E-state index in [4.69, 9.17) is 4.74 Å². The van der Waals surface area contributed by atoms with Gasteiger partial charge in [0.1, 0.15) is 18.5 Å². The molecule has 3 rings (SSSR count). The number of ether oxygens (including phenoxy) is 1. The molecule has 0 aliphatic rings. The Morgan fingerprint density at radius 2 is 1.47 bits per heavy atom. The number of carbonyl (C=O) groups is 1. The monoisotopic (exact) mass is 407 g/mol. The summed E-state index contributed by atoms with van der Waals surface area (Å²) in [4.78, 5) is 11.7. The van der Waals surface area contributed by atoms with Crippen molar-refractivity contribution < 1.29 is 24.9 Å². The second-order valence-electron chi connectivity index (χ2n) is 6.96. The first kappa shape index (κ1) is 21.4. The summed E-state index contributed by atoms with van der Waals surface area (Å²) >= 11 is 0. The number of aliphatic hydroxyl groups excluding tert-OH is 2. The van der Waals surface area contributed by atoms with Crippen molar-refractivity contribution in [3.63, 3.8) is 0 Å². The van der Waals surface area contributed by atoms with Gasteiger partial charge in [0, 0.05) is 6.54 Å². The van der Waals surface area contributed by atoms with Crippen LogP contribution in [0.5, 0.6) is 5.75 Å². The molecule has 2 unspecified atom stereocenters. The number of hydrogen-bond donors (Lipinski definition) is 4. The number of phenolic OH excluding ortho intramolecular Hbond substituents is 1. The highest BCUT2D eigenvalue weighted by atomic mass is 16.5. The number of benzene rings is 3. The Morgan fingerprint density at radius 3 is 2.10 bits per heavy atom. The van der Waals surface area contributed by atoms with Crippen molar-refractivity contribution in [2.45, 2.75) is 25.2 Å². The molecule has 0 radical (unpaired) electrons. The molecule has 0 saturated carbocycles. The number of amides is 1. The Kier molecular flexibility index (Phi) is 7.43. The zero-order valence-electron chi connectivity index (χ0n) is 16.4. The predicted octanol–water partition coefficient (Wildman–Crippen LogP) is 3.77. The Balaban J connectivity index is 1.44. The number of nitrogens with one attached hydrogen (secondary N) is 1. The van der Waals surface area contributed by atoms with Crippen LogP contribution in [0.15, 0.2) is 78.9 Å². The number of aliphatic hydroxyl groups is 2. The summed E-state index contributed by atoms with van der Waals surface area (Å²) in [5.41, 5.74) is 3.34. The number of phenols is 1. The van der Waals surface area contributed by atoms with E-state index in [0.29, 0.717) is 5.56 Å². The lowest BCUT2D eigenvalue weighted by Crippen LogP contribution is -2.29. The number of aromatic hydroxyl groups is 1. The fourth-order valence-corrected chi connectivity index (χ4v) is 3.00. The molecule has 6 heteroatoms. The topological polar surface area (TPSA) is 99.0 Å². The molecule has 1 amide bonds. The molecule has 0 bridgehead atoms. The van der Waals surface area contributed by atoms with Gasteiger partial charge in [0.2, 0.25) is 0 Å². The van der Waals surface area contributed by atoms with Gasteiger partial charge in [-0.15, -0.1) is 0 Å². The predicted molar refractivity (Wildman–Crippen MR) is 114 cm³/mol. The lowest BCUT2D eigenvalue weighted by molar-refractivity contribution is 0.0136. The molecule has 0 saturated heterocycles. The minimum atomic E-state index is -1.07. The van der Waals surface area contributed by atoms with Gasteiger partial charge in [0.15, 0.2) is 0 Å². The maximum Gasteiger partial charge on any atom is 0.407 e. The van der Waals surface area contributed by atoms with Crippen molar-refractivity contribution in [1.29, 1.82) is 0 Å². The van der Waals surface area contributed by atoms with Gasteiger partial charge in [-0.3, -0.25) is 0 Å². The van der Waals surface area contributed by atoms with Gasteiger partial charge in [-0.1, -0.05) is 66.7 Å². The van der Waals surface area contributed by atoms with E-state index < -0.39 is 18.3 Å². The molecule has 6 nitrogen and oxygen atoms in total. The maximum atomic E-state index is 11.7. The molecule has 3 aromatic carbocycles. The van der Waals surface area contributed by atoms with Gasteiger partial charge < -0.3 is 25.4 Å². The third kappa shape index (κ3) is 6.07. The van der Waals surface area contributed by atoms with Gasteiger partial charge in [0.25, 0.3) is 0 Å². The highest BCUT2D eigenvalue weighted by Crippen LogP contribution is 2.25. The first-order valence-electron chi connectivity index (χ1n) is 9.73. The van der Waals surface area contributed by atoms with Gasteiger partial charge in [-0.2, -0.15) is 0 Å². The Labute approximate surface area is 175 Å². The Bertz CT molecular complexity index is 926. The summed E-state index contributed by atoms with van der Waals surface area (Å²) in [5, 5.41) is 32.6. The normalized spacial score (nSPS) is 12.7. The summed E-state index contributed by atoms with van der Waals surface area (Å²) in [6.07, 6.45) is -2.49. The molecule has 0 heterocycles. The van der Waals surface area contributed by atoms with E-state index in [2.05, 4.69) is 5.32 Å². The molecule has 0 aliphatic carbocycles. The minimum Gasteiger partial charge on any atom is -0.508 e. The van der Waals surface area contributed by atoms with Crippen LogP contribution in [0.4, 0.5) is 4.79 Å². The molecular formula is C24H25NO5. The third-order valence-corrected chi connectivity index (χ3v) is 4.74. The molecule has 3 aromatic rings. The van der Waals surface area contributed by atoms with Gasteiger partial charge in [0.05, 0.1) is 6.10 Å². The zero-order chi connectivity index (χ0) is 21.3. The molecule has 30 heavy (non-hydrogen) atoms. The summed E-state index contributed by atoms with van der Waals surface area (Å²) in [5.74, 6) is 0.200.